The SMILES string of the molecule is Nc1ncc(Sc2cccc3cccnc23)s1. The zero-order valence-electron chi connectivity index (χ0n) is 8.83. The van der Waals surface area contributed by atoms with Gasteiger partial charge >= 0.3 is 0 Å². The van der Waals surface area contributed by atoms with E-state index >= 15 is 0 Å². The molecule has 2 heterocycles. The lowest BCUT2D eigenvalue weighted by Gasteiger charge is -2.02. The quantitative estimate of drug-likeness (QED) is 0.766. The molecule has 3 rings (SSSR count). The lowest BCUT2D eigenvalue weighted by atomic mass is 10.2. The molecule has 1 aromatic carbocycles. The minimum Gasteiger partial charge on any atom is -0.375 e. The Kier molecular flexibility index (Phi) is 2.70. The van der Waals surface area contributed by atoms with E-state index in [1.807, 2.05) is 18.3 Å². The summed E-state index contributed by atoms with van der Waals surface area (Å²) in [6, 6.07) is 10.2. The number of rotatable bonds is 2. The fourth-order valence-electron chi connectivity index (χ4n) is 1.59. The van der Waals surface area contributed by atoms with Crippen LogP contribution >= 0.6 is 23.1 Å². The molecule has 0 radical (unpaired) electrons. The number of nitrogen functional groups attached to an aromatic ring is 1. The molecular weight excluding hydrogens is 250 g/mol. The zero-order valence-corrected chi connectivity index (χ0v) is 10.5. The summed E-state index contributed by atoms with van der Waals surface area (Å²) in [4.78, 5) is 9.60. The Bertz CT molecular complexity index is 658. The highest BCUT2D eigenvalue weighted by molar-refractivity contribution is 8.01. The number of anilines is 1. The monoisotopic (exact) mass is 259 g/mol. The van der Waals surface area contributed by atoms with Crippen molar-refractivity contribution in [3.8, 4) is 0 Å². The molecule has 3 aromatic rings. The number of thiazole rings is 1. The number of hydrogen-bond acceptors (Lipinski definition) is 5. The normalized spacial score (nSPS) is 10.8. The molecule has 0 fully saturated rings. The van der Waals surface area contributed by atoms with E-state index in [0.717, 1.165) is 20.0 Å². The lowest BCUT2D eigenvalue weighted by molar-refractivity contribution is 1.34. The number of benzene rings is 1. The minimum atomic E-state index is 0.598. The first kappa shape index (κ1) is 10.6. The van der Waals surface area contributed by atoms with Gasteiger partial charge in [-0.1, -0.05) is 41.3 Å². The van der Waals surface area contributed by atoms with E-state index in [0.29, 0.717) is 5.13 Å². The van der Waals surface area contributed by atoms with Crippen LogP contribution in [0.15, 0.2) is 51.8 Å². The van der Waals surface area contributed by atoms with Crippen molar-refractivity contribution in [1.82, 2.24) is 9.97 Å². The van der Waals surface area contributed by atoms with Crippen LogP contribution in [0.25, 0.3) is 10.9 Å². The van der Waals surface area contributed by atoms with Crippen molar-refractivity contribution in [1.29, 1.82) is 0 Å². The van der Waals surface area contributed by atoms with Crippen LogP contribution in [0.4, 0.5) is 5.13 Å². The summed E-state index contributed by atoms with van der Waals surface area (Å²) >= 11 is 3.14. The molecule has 0 amide bonds. The number of nitrogens with two attached hydrogens (primary N) is 1. The molecular formula is C12H9N3S2. The fourth-order valence-corrected chi connectivity index (χ4v) is 3.43. The van der Waals surface area contributed by atoms with Crippen molar-refractivity contribution >= 4 is 39.1 Å². The fraction of sp³-hybridized carbons (Fsp3) is 0. The Labute approximate surface area is 107 Å². The highest BCUT2D eigenvalue weighted by Crippen LogP contribution is 2.35. The molecule has 2 aromatic heterocycles. The van der Waals surface area contributed by atoms with Gasteiger partial charge in [0.15, 0.2) is 5.13 Å². The Balaban J connectivity index is 2.05. The average molecular weight is 259 g/mol. The van der Waals surface area contributed by atoms with E-state index in [2.05, 4.69) is 28.2 Å². The third-order valence-corrected chi connectivity index (χ3v) is 4.29. The molecule has 0 atom stereocenters. The first-order valence-electron chi connectivity index (χ1n) is 5.06. The largest absolute Gasteiger partial charge is 0.375 e. The van der Waals surface area contributed by atoms with Gasteiger partial charge in [0.1, 0.15) is 0 Å². The predicted octanol–water partition coefficient (Wildman–Crippen LogP) is 3.42. The van der Waals surface area contributed by atoms with Gasteiger partial charge in [0, 0.05) is 16.5 Å². The topological polar surface area (TPSA) is 51.8 Å². The molecule has 0 bridgehead atoms. The maximum absolute atomic E-state index is 5.62. The summed E-state index contributed by atoms with van der Waals surface area (Å²) in [6.45, 7) is 0. The minimum absolute atomic E-state index is 0.598. The molecule has 3 nitrogen and oxygen atoms in total. The van der Waals surface area contributed by atoms with Crippen molar-refractivity contribution in [2.75, 3.05) is 5.73 Å². The van der Waals surface area contributed by atoms with Gasteiger partial charge in [0.25, 0.3) is 0 Å². The van der Waals surface area contributed by atoms with Crippen molar-refractivity contribution < 1.29 is 0 Å². The summed E-state index contributed by atoms with van der Waals surface area (Å²) in [7, 11) is 0. The Morgan fingerprint density at radius 1 is 1.12 bits per heavy atom. The molecule has 0 aliphatic carbocycles. The van der Waals surface area contributed by atoms with E-state index in [9.17, 15) is 0 Å². The molecule has 0 saturated carbocycles. The first-order valence-corrected chi connectivity index (χ1v) is 6.69. The second-order valence-corrected chi connectivity index (χ2v) is 5.86. The summed E-state index contributed by atoms with van der Waals surface area (Å²) in [5, 5.41) is 1.75. The third kappa shape index (κ3) is 2.11. The van der Waals surface area contributed by atoms with E-state index in [-0.39, 0.29) is 0 Å². The van der Waals surface area contributed by atoms with Gasteiger partial charge in [-0.25, -0.2) is 4.98 Å². The second kappa shape index (κ2) is 4.35. The first-order chi connectivity index (χ1) is 8.33. The Morgan fingerprint density at radius 3 is 2.82 bits per heavy atom. The molecule has 17 heavy (non-hydrogen) atoms. The van der Waals surface area contributed by atoms with Gasteiger partial charge in [-0.3, -0.25) is 4.98 Å². The number of hydrogen-bond donors (Lipinski definition) is 1. The van der Waals surface area contributed by atoms with Gasteiger partial charge in [-0.2, -0.15) is 0 Å². The Hall–Kier alpha value is -1.59. The van der Waals surface area contributed by atoms with E-state index in [1.54, 1.807) is 18.0 Å². The summed E-state index contributed by atoms with van der Waals surface area (Å²) in [5.41, 5.74) is 6.64. The van der Waals surface area contributed by atoms with Crippen molar-refractivity contribution in [3.63, 3.8) is 0 Å². The number of aromatic nitrogens is 2. The van der Waals surface area contributed by atoms with Crippen LogP contribution in [-0.4, -0.2) is 9.97 Å². The van der Waals surface area contributed by atoms with Crippen LogP contribution in [0.3, 0.4) is 0 Å². The van der Waals surface area contributed by atoms with Crippen LogP contribution in [0, 0.1) is 0 Å². The molecule has 84 valence electrons. The molecule has 0 saturated heterocycles. The van der Waals surface area contributed by atoms with Crippen LogP contribution in [0.5, 0.6) is 0 Å². The third-order valence-electron chi connectivity index (χ3n) is 2.31. The second-order valence-electron chi connectivity index (χ2n) is 3.45. The van der Waals surface area contributed by atoms with Gasteiger partial charge in [0.2, 0.25) is 0 Å². The van der Waals surface area contributed by atoms with Gasteiger partial charge in [-0.15, -0.1) is 0 Å². The molecule has 0 aliphatic rings. The van der Waals surface area contributed by atoms with Gasteiger partial charge in [-0.05, 0) is 12.1 Å². The lowest BCUT2D eigenvalue weighted by Crippen LogP contribution is -1.80. The number of fused-ring (bicyclic) bond motifs is 1. The molecule has 5 heteroatoms. The molecule has 0 unspecified atom stereocenters. The molecule has 0 spiro atoms. The van der Waals surface area contributed by atoms with Crippen molar-refractivity contribution in [2.24, 2.45) is 0 Å². The van der Waals surface area contributed by atoms with E-state index in [1.165, 1.54) is 11.3 Å². The smallest absolute Gasteiger partial charge is 0.181 e. The van der Waals surface area contributed by atoms with Crippen LogP contribution in [-0.2, 0) is 0 Å². The van der Waals surface area contributed by atoms with Gasteiger partial charge in [0.05, 0.1) is 15.9 Å². The maximum Gasteiger partial charge on any atom is 0.181 e. The number of para-hydroxylation sites is 1. The molecule has 2 N–H and O–H groups in total. The highest BCUT2D eigenvalue weighted by atomic mass is 32.2. The van der Waals surface area contributed by atoms with E-state index < -0.39 is 0 Å². The maximum atomic E-state index is 5.62. The summed E-state index contributed by atoms with van der Waals surface area (Å²) in [6.07, 6.45) is 3.61. The standard InChI is InChI=1S/C12H9N3S2/c13-12-15-7-10(17-12)16-9-5-1-3-8-4-2-6-14-11(8)9/h1-7H,(H2,13,15). The van der Waals surface area contributed by atoms with Crippen LogP contribution in [0.2, 0.25) is 0 Å². The van der Waals surface area contributed by atoms with Crippen molar-refractivity contribution in [3.05, 3.63) is 42.7 Å². The summed E-state index contributed by atoms with van der Waals surface area (Å²) < 4.78 is 1.08. The highest BCUT2D eigenvalue weighted by Gasteiger charge is 2.06. The summed E-state index contributed by atoms with van der Waals surface area (Å²) in [5.74, 6) is 0. The van der Waals surface area contributed by atoms with Crippen molar-refractivity contribution in [2.45, 2.75) is 9.10 Å². The van der Waals surface area contributed by atoms with E-state index in [4.69, 9.17) is 5.73 Å². The zero-order chi connectivity index (χ0) is 11.7. The number of nitrogens with zero attached hydrogens (tertiary/aromatic N) is 2. The molecule has 0 aliphatic heterocycles. The van der Waals surface area contributed by atoms with Gasteiger partial charge < -0.3 is 5.73 Å². The van der Waals surface area contributed by atoms with Crippen LogP contribution < -0.4 is 5.73 Å². The predicted molar refractivity (Wildman–Crippen MR) is 72.4 cm³/mol. The number of pyridine rings is 1. The Morgan fingerprint density at radius 2 is 2.00 bits per heavy atom. The van der Waals surface area contributed by atoms with Crippen LogP contribution in [0.1, 0.15) is 0 Å². The average Bonchev–Trinajstić information content (AvgIpc) is 2.75.